The van der Waals surface area contributed by atoms with E-state index in [4.69, 9.17) is 16.3 Å². The fourth-order valence-electron chi connectivity index (χ4n) is 1.70. The van der Waals surface area contributed by atoms with Gasteiger partial charge in [-0.05, 0) is 29.8 Å². The number of rotatable bonds is 6. The van der Waals surface area contributed by atoms with E-state index in [2.05, 4.69) is 5.32 Å². The fourth-order valence-corrected chi connectivity index (χ4v) is 2.77. The topological polar surface area (TPSA) is 38.3 Å². The Morgan fingerprint density at radius 3 is 2.57 bits per heavy atom. The average Bonchev–Trinajstić information content (AvgIpc) is 2.52. The molecule has 2 aromatic rings. The van der Waals surface area contributed by atoms with E-state index in [0.29, 0.717) is 17.3 Å². The number of halogens is 1. The number of hydrogen-bond acceptors (Lipinski definition) is 3. The van der Waals surface area contributed by atoms with Crippen molar-refractivity contribution in [2.75, 3.05) is 12.9 Å². The minimum Gasteiger partial charge on any atom is -0.497 e. The van der Waals surface area contributed by atoms with E-state index >= 15 is 0 Å². The Hall–Kier alpha value is -1.65. The van der Waals surface area contributed by atoms with Gasteiger partial charge in [-0.25, -0.2) is 0 Å². The van der Waals surface area contributed by atoms with Gasteiger partial charge >= 0.3 is 0 Å². The summed E-state index contributed by atoms with van der Waals surface area (Å²) in [6, 6.07) is 15.1. The van der Waals surface area contributed by atoms with Gasteiger partial charge in [0.15, 0.2) is 0 Å². The summed E-state index contributed by atoms with van der Waals surface area (Å²) in [5, 5.41) is 3.55. The minimum absolute atomic E-state index is 0.0178. The van der Waals surface area contributed by atoms with Gasteiger partial charge in [-0.3, -0.25) is 4.79 Å². The molecule has 0 saturated heterocycles. The predicted molar refractivity (Wildman–Crippen MR) is 87.0 cm³/mol. The normalized spacial score (nSPS) is 10.2. The van der Waals surface area contributed by atoms with Gasteiger partial charge in [0.2, 0.25) is 5.91 Å². The molecule has 2 rings (SSSR count). The average molecular weight is 322 g/mol. The first-order valence-corrected chi connectivity index (χ1v) is 7.82. The van der Waals surface area contributed by atoms with Gasteiger partial charge in [0.05, 0.1) is 17.9 Å². The van der Waals surface area contributed by atoms with Crippen molar-refractivity contribution in [1.82, 2.24) is 5.32 Å². The zero-order valence-electron chi connectivity index (χ0n) is 11.6. The fraction of sp³-hybridized carbons (Fsp3) is 0.188. The number of amides is 1. The number of methoxy groups -OCH3 is 1. The molecule has 0 unspecified atom stereocenters. The van der Waals surface area contributed by atoms with Crippen molar-refractivity contribution in [3.8, 4) is 5.75 Å². The highest BCUT2D eigenvalue weighted by molar-refractivity contribution is 8.00. The molecule has 0 aliphatic carbocycles. The van der Waals surface area contributed by atoms with E-state index in [-0.39, 0.29) is 5.91 Å². The van der Waals surface area contributed by atoms with E-state index < -0.39 is 0 Å². The summed E-state index contributed by atoms with van der Waals surface area (Å²) in [7, 11) is 1.63. The van der Waals surface area contributed by atoms with Crippen LogP contribution < -0.4 is 10.1 Å². The van der Waals surface area contributed by atoms with Crippen molar-refractivity contribution in [1.29, 1.82) is 0 Å². The lowest BCUT2D eigenvalue weighted by Gasteiger charge is -2.07. The van der Waals surface area contributed by atoms with Crippen molar-refractivity contribution >= 4 is 29.3 Å². The Morgan fingerprint density at radius 1 is 1.19 bits per heavy atom. The second-order valence-electron chi connectivity index (χ2n) is 4.34. The van der Waals surface area contributed by atoms with Gasteiger partial charge in [-0.2, -0.15) is 0 Å². The van der Waals surface area contributed by atoms with Crippen LogP contribution in [0.2, 0.25) is 5.02 Å². The molecule has 0 radical (unpaired) electrons. The molecular formula is C16H16ClNO2S. The number of carbonyl (C=O) groups excluding carboxylic acids is 1. The van der Waals surface area contributed by atoms with E-state index in [1.165, 1.54) is 11.8 Å². The highest BCUT2D eigenvalue weighted by Gasteiger charge is 2.05. The van der Waals surface area contributed by atoms with Crippen LogP contribution in [-0.4, -0.2) is 18.8 Å². The van der Waals surface area contributed by atoms with E-state index in [1.54, 1.807) is 7.11 Å². The number of benzene rings is 2. The summed E-state index contributed by atoms with van der Waals surface area (Å²) < 4.78 is 5.09. The molecule has 0 fully saturated rings. The summed E-state index contributed by atoms with van der Waals surface area (Å²) in [5.41, 5.74) is 1.03. The first-order valence-electron chi connectivity index (χ1n) is 6.46. The molecule has 0 heterocycles. The second kappa shape index (κ2) is 7.96. The minimum atomic E-state index is -0.0178. The van der Waals surface area contributed by atoms with Crippen molar-refractivity contribution in [2.45, 2.75) is 11.4 Å². The number of carbonyl (C=O) groups is 1. The zero-order valence-corrected chi connectivity index (χ0v) is 13.2. The van der Waals surface area contributed by atoms with Gasteiger partial charge in [0.25, 0.3) is 0 Å². The monoisotopic (exact) mass is 321 g/mol. The first-order chi connectivity index (χ1) is 10.2. The lowest BCUT2D eigenvalue weighted by Crippen LogP contribution is -2.24. The van der Waals surface area contributed by atoms with Crippen molar-refractivity contribution in [2.24, 2.45) is 0 Å². The van der Waals surface area contributed by atoms with Crippen LogP contribution in [0.1, 0.15) is 5.56 Å². The quantitative estimate of drug-likeness (QED) is 0.823. The van der Waals surface area contributed by atoms with Gasteiger partial charge in [0.1, 0.15) is 5.75 Å². The molecule has 0 aliphatic heterocycles. The zero-order chi connectivity index (χ0) is 15.1. The molecule has 0 bridgehead atoms. The Morgan fingerprint density at radius 2 is 1.90 bits per heavy atom. The van der Waals surface area contributed by atoms with E-state index in [1.807, 2.05) is 48.5 Å². The molecule has 3 nitrogen and oxygen atoms in total. The number of nitrogens with one attached hydrogen (secondary N) is 1. The predicted octanol–water partition coefficient (Wildman–Crippen LogP) is 3.76. The third-order valence-corrected chi connectivity index (χ3v) is 4.36. The van der Waals surface area contributed by atoms with Crippen LogP contribution in [0.4, 0.5) is 0 Å². The third kappa shape index (κ3) is 4.99. The summed E-state index contributed by atoms with van der Waals surface area (Å²) in [5.74, 6) is 1.13. The molecule has 1 N–H and O–H groups in total. The molecule has 0 aromatic heterocycles. The van der Waals surface area contributed by atoms with Crippen LogP contribution in [0, 0.1) is 0 Å². The molecular weight excluding hydrogens is 306 g/mol. The molecule has 2 aromatic carbocycles. The molecule has 21 heavy (non-hydrogen) atoms. The number of ether oxygens (including phenoxy) is 1. The summed E-state index contributed by atoms with van der Waals surface area (Å²) in [6.07, 6.45) is 0. The summed E-state index contributed by atoms with van der Waals surface area (Å²) in [4.78, 5) is 12.7. The first kappa shape index (κ1) is 15.7. The molecule has 0 spiro atoms. The Kier molecular flexibility index (Phi) is 5.96. The SMILES string of the molecule is COc1ccc(CNC(=O)CSc2ccccc2Cl)cc1. The molecule has 0 atom stereocenters. The van der Waals surface area contributed by atoms with Crippen LogP contribution >= 0.6 is 23.4 Å². The lowest BCUT2D eigenvalue weighted by atomic mass is 10.2. The number of hydrogen-bond donors (Lipinski definition) is 1. The van der Waals surface area contributed by atoms with Gasteiger partial charge in [0, 0.05) is 11.4 Å². The largest absolute Gasteiger partial charge is 0.497 e. The van der Waals surface area contributed by atoms with Crippen LogP contribution in [0.3, 0.4) is 0 Å². The van der Waals surface area contributed by atoms with Crippen LogP contribution in [0.15, 0.2) is 53.4 Å². The van der Waals surface area contributed by atoms with E-state index in [0.717, 1.165) is 16.2 Å². The van der Waals surface area contributed by atoms with Gasteiger partial charge in [-0.1, -0.05) is 35.9 Å². The summed E-state index contributed by atoms with van der Waals surface area (Å²) in [6.45, 7) is 0.506. The molecule has 0 aliphatic rings. The standard InChI is InChI=1S/C16H16ClNO2S/c1-20-13-8-6-12(7-9-13)10-18-16(19)11-21-15-5-3-2-4-14(15)17/h2-9H,10-11H2,1H3,(H,18,19). The van der Waals surface area contributed by atoms with Crippen LogP contribution in [0.5, 0.6) is 5.75 Å². The Bertz CT molecular complexity index is 601. The smallest absolute Gasteiger partial charge is 0.230 e. The van der Waals surface area contributed by atoms with Crippen LogP contribution in [0.25, 0.3) is 0 Å². The van der Waals surface area contributed by atoms with Crippen molar-refractivity contribution in [3.05, 3.63) is 59.1 Å². The molecule has 1 amide bonds. The van der Waals surface area contributed by atoms with Crippen molar-refractivity contribution < 1.29 is 9.53 Å². The maximum Gasteiger partial charge on any atom is 0.230 e. The van der Waals surface area contributed by atoms with E-state index in [9.17, 15) is 4.79 Å². The maximum atomic E-state index is 11.8. The highest BCUT2D eigenvalue weighted by Crippen LogP contribution is 2.26. The Balaban J connectivity index is 1.78. The lowest BCUT2D eigenvalue weighted by molar-refractivity contribution is -0.118. The second-order valence-corrected chi connectivity index (χ2v) is 5.77. The molecule has 5 heteroatoms. The van der Waals surface area contributed by atoms with Crippen LogP contribution in [-0.2, 0) is 11.3 Å². The summed E-state index contributed by atoms with van der Waals surface area (Å²) >= 11 is 7.48. The molecule has 0 saturated carbocycles. The highest BCUT2D eigenvalue weighted by atomic mass is 35.5. The maximum absolute atomic E-state index is 11.8. The van der Waals surface area contributed by atoms with Gasteiger partial charge in [-0.15, -0.1) is 11.8 Å². The molecule has 110 valence electrons. The Labute approximate surface area is 133 Å². The van der Waals surface area contributed by atoms with Gasteiger partial charge < -0.3 is 10.1 Å². The number of thioether (sulfide) groups is 1. The third-order valence-electron chi connectivity index (χ3n) is 2.84. The van der Waals surface area contributed by atoms with Crippen molar-refractivity contribution in [3.63, 3.8) is 0 Å².